The van der Waals surface area contributed by atoms with Crippen LogP contribution in [0.2, 0.25) is 0 Å². The summed E-state index contributed by atoms with van der Waals surface area (Å²) in [5, 5.41) is 32.1. The van der Waals surface area contributed by atoms with Crippen LogP contribution < -0.4 is 5.11 Å². The van der Waals surface area contributed by atoms with E-state index < -0.39 is 10.7 Å². The number of hydrogen-bond acceptors (Lipinski definition) is 5. The third-order valence-electron chi connectivity index (χ3n) is 3.52. The van der Waals surface area contributed by atoms with E-state index in [1.54, 1.807) is 0 Å². The maximum atomic E-state index is 11.9. The van der Waals surface area contributed by atoms with Crippen LogP contribution in [0.5, 0.6) is 5.75 Å². The number of non-ortho nitro benzene ring substituents is 1. The summed E-state index contributed by atoms with van der Waals surface area (Å²) in [6, 6.07) is 11.0. The molecule has 0 saturated carbocycles. The van der Waals surface area contributed by atoms with E-state index in [9.17, 15) is 20.5 Å². The van der Waals surface area contributed by atoms with Crippen molar-refractivity contribution >= 4 is 28.4 Å². The fourth-order valence-electron chi connectivity index (χ4n) is 2.32. The largest absolute Gasteiger partial charge is 0.872 e. The normalized spacial score (nSPS) is 11.4. The average molecular weight is 319 g/mol. The Labute approximate surface area is 136 Å². The van der Waals surface area contributed by atoms with E-state index in [1.165, 1.54) is 6.08 Å². The Balaban J connectivity index is 2.10. The van der Waals surface area contributed by atoms with Gasteiger partial charge in [0, 0.05) is 12.1 Å². The molecule has 118 valence electrons. The van der Waals surface area contributed by atoms with E-state index in [0.29, 0.717) is 11.3 Å². The zero-order chi connectivity index (χ0) is 17.3. The highest BCUT2D eigenvalue weighted by Crippen LogP contribution is 2.26. The number of benzene rings is 2. The monoisotopic (exact) mass is 319 g/mol. The van der Waals surface area contributed by atoms with Gasteiger partial charge in [-0.3, -0.25) is 10.1 Å². The third-order valence-corrected chi connectivity index (χ3v) is 3.52. The van der Waals surface area contributed by atoms with Crippen molar-refractivity contribution in [3.05, 3.63) is 63.5 Å². The highest BCUT2D eigenvalue weighted by molar-refractivity contribution is 5.91. The predicted octanol–water partition coefficient (Wildman–Crippen LogP) is 2.92. The number of hydrogen-bond donors (Lipinski definition) is 1. The molecule has 0 bridgehead atoms. The Morgan fingerprint density at radius 2 is 2.12 bits per heavy atom. The van der Waals surface area contributed by atoms with Gasteiger partial charge >= 0.3 is 0 Å². The number of rotatable bonds is 3. The summed E-state index contributed by atoms with van der Waals surface area (Å²) in [5.74, 6) is -0.0932. The number of nitro benzene ring substituents is 1. The number of fused-ring (bicyclic) bond motifs is 1. The maximum absolute atomic E-state index is 11.9. The number of aromatic amines is 1. The molecule has 24 heavy (non-hydrogen) atoms. The molecular formula is C17H11N4O3-. The van der Waals surface area contributed by atoms with Gasteiger partial charge in [0.25, 0.3) is 5.69 Å². The number of nitrogens with zero attached hydrogens (tertiary/aromatic N) is 3. The van der Waals surface area contributed by atoms with Crippen LogP contribution in [-0.2, 0) is 0 Å². The number of nitro groups is 1. The minimum Gasteiger partial charge on any atom is -0.872 e. The van der Waals surface area contributed by atoms with E-state index >= 15 is 0 Å². The fraction of sp³-hybridized carbons (Fsp3) is 0.0588. The number of nitrogens with one attached hydrogen (secondary N) is 1. The van der Waals surface area contributed by atoms with E-state index in [-0.39, 0.29) is 16.8 Å². The summed E-state index contributed by atoms with van der Waals surface area (Å²) in [6.45, 7) is 1.94. The van der Waals surface area contributed by atoms with E-state index in [2.05, 4.69) is 9.97 Å². The molecule has 3 rings (SSSR count). The van der Waals surface area contributed by atoms with Gasteiger partial charge in [0.1, 0.15) is 11.9 Å². The average Bonchev–Trinajstić information content (AvgIpc) is 2.96. The molecule has 0 aliphatic rings. The lowest BCUT2D eigenvalue weighted by molar-refractivity contribution is -0.385. The van der Waals surface area contributed by atoms with E-state index in [0.717, 1.165) is 29.3 Å². The minimum atomic E-state index is -0.590. The number of H-pyrrole nitrogens is 1. The Kier molecular flexibility index (Phi) is 3.72. The van der Waals surface area contributed by atoms with Crippen LogP contribution in [0.1, 0.15) is 17.0 Å². The van der Waals surface area contributed by atoms with Crippen molar-refractivity contribution in [2.75, 3.05) is 0 Å². The van der Waals surface area contributed by atoms with Gasteiger partial charge in [0.15, 0.2) is 0 Å². The number of aryl methyl sites for hydroxylation is 1. The second-order valence-corrected chi connectivity index (χ2v) is 5.26. The van der Waals surface area contributed by atoms with Crippen LogP contribution in [0.15, 0.2) is 36.4 Å². The smallest absolute Gasteiger partial charge is 0.269 e. The standard InChI is InChI=1S/C17H12N4O3/c1-10-2-4-14-15(6-10)20-17(19-14)12(9-18)7-11-8-13(21(23)24)3-5-16(11)22/h2-8,22H,1H3,(H,19,20)/p-1/b12-7+. The molecule has 0 amide bonds. The highest BCUT2D eigenvalue weighted by Gasteiger charge is 2.10. The first kappa shape index (κ1) is 15.2. The Bertz CT molecular complexity index is 1030. The molecule has 7 heteroatoms. The SMILES string of the molecule is Cc1ccc2nc(/C(C#N)=C/c3cc([N+](=O)[O-])ccc3[O-])[nH]c2c1. The van der Waals surface area contributed by atoms with Crippen molar-refractivity contribution in [1.82, 2.24) is 9.97 Å². The molecule has 0 saturated heterocycles. The number of imidazole rings is 1. The Hall–Kier alpha value is -3.66. The minimum absolute atomic E-state index is 0.0670. The van der Waals surface area contributed by atoms with Crippen molar-refractivity contribution < 1.29 is 10.0 Å². The van der Waals surface area contributed by atoms with Crippen LogP contribution >= 0.6 is 0 Å². The number of nitriles is 1. The summed E-state index contributed by atoms with van der Waals surface area (Å²) in [5.41, 5.74) is 2.49. The first-order chi connectivity index (χ1) is 11.5. The molecule has 0 spiro atoms. The Morgan fingerprint density at radius 3 is 2.83 bits per heavy atom. The topological polar surface area (TPSA) is 119 Å². The molecule has 0 unspecified atom stereocenters. The van der Waals surface area contributed by atoms with Crippen LogP contribution in [0.3, 0.4) is 0 Å². The summed E-state index contributed by atoms with van der Waals surface area (Å²) < 4.78 is 0. The molecule has 3 aromatic rings. The molecular weight excluding hydrogens is 308 g/mol. The van der Waals surface area contributed by atoms with Gasteiger partial charge in [-0.05, 0) is 36.3 Å². The second kappa shape index (κ2) is 5.85. The van der Waals surface area contributed by atoms with Gasteiger partial charge in [0.05, 0.1) is 21.5 Å². The van der Waals surface area contributed by atoms with Crippen LogP contribution in [0.4, 0.5) is 5.69 Å². The molecule has 0 atom stereocenters. The highest BCUT2D eigenvalue weighted by atomic mass is 16.6. The van der Waals surface area contributed by atoms with Gasteiger partial charge in [-0.1, -0.05) is 12.1 Å². The van der Waals surface area contributed by atoms with E-state index in [4.69, 9.17) is 0 Å². The first-order valence-corrected chi connectivity index (χ1v) is 7.02. The van der Waals surface area contributed by atoms with Gasteiger partial charge < -0.3 is 10.1 Å². The van der Waals surface area contributed by atoms with E-state index in [1.807, 2.05) is 31.2 Å². The molecule has 0 fully saturated rings. The molecule has 1 N–H and O–H groups in total. The van der Waals surface area contributed by atoms with Crippen molar-refractivity contribution in [3.63, 3.8) is 0 Å². The molecule has 2 aromatic carbocycles. The van der Waals surface area contributed by atoms with Crippen molar-refractivity contribution in [1.29, 1.82) is 5.26 Å². The van der Waals surface area contributed by atoms with Crippen molar-refractivity contribution in [3.8, 4) is 11.8 Å². The van der Waals surface area contributed by atoms with Crippen LogP contribution in [0.25, 0.3) is 22.7 Å². The van der Waals surface area contributed by atoms with Crippen molar-refractivity contribution in [2.45, 2.75) is 6.92 Å². The first-order valence-electron chi connectivity index (χ1n) is 7.02. The molecule has 7 nitrogen and oxygen atoms in total. The van der Waals surface area contributed by atoms with Crippen molar-refractivity contribution in [2.24, 2.45) is 0 Å². The number of aromatic nitrogens is 2. The third kappa shape index (κ3) is 2.80. The predicted molar refractivity (Wildman–Crippen MR) is 86.9 cm³/mol. The summed E-state index contributed by atoms with van der Waals surface area (Å²) >= 11 is 0. The van der Waals surface area contributed by atoms with Gasteiger partial charge in [-0.25, -0.2) is 4.98 Å². The molecule has 0 aliphatic heterocycles. The van der Waals surface area contributed by atoms with Crippen LogP contribution in [0, 0.1) is 28.4 Å². The maximum Gasteiger partial charge on any atom is 0.269 e. The fourth-order valence-corrected chi connectivity index (χ4v) is 2.32. The zero-order valence-corrected chi connectivity index (χ0v) is 12.6. The summed E-state index contributed by atoms with van der Waals surface area (Å²) in [7, 11) is 0. The summed E-state index contributed by atoms with van der Waals surface area (Å²) in [4.78, 5) is 17.6. The lowest BCUT2D eigenvalue weighted by atomic mass is 10.1. The number of allylic oxidation sites excluding steroid dienone is 1. The molecule has 0 radical (unpaired) electrons. The molecule has 1 aromatic heterocycles. The summed E-state index contributed by atoms with van der Waals surface area (Å²) in [6.07, 6.45) is 1.31. The molecule has 0 aliphatic carbocycles. The Morgan fingerprint density at radius 1 is 1.33 bits per heavy atom. The quantitative estimate of drug-likeness (QED) is 0.452. The van der Waals surface area contributed by atoms with Gasteiger partial charge in [0.2, 0.25) is 0 Å². The lowest BCUT2D eigenvalue weighted by Crippen LogP contribution is -1.96. The van der Waals surface area contributed by atoms with Gasteiger partial charge in [-0.2, -0.15) is 5.26 Å². The zero-order valence-electron chi connectivity index (χ0n) is 12.6. The molecule has 1 heterocycles. The second-order valence-electron chi connectivity index (χ2n) is 5.26. The lowest BCUT2D eigenvalue weighted by Gasteiger charge is -2.09. The van der Waals surface area contributed by atoms with Gasteiger partial charge in [-0.15, -0.1) is 5.75 Å². The van der Waals surface area contributed by atoms with Crippen LogP contribution in [-0.4, -0.2) is 14.9 Å².